The molecule has 0 unspecified atom stereocenters. The van der Waals surface area contributed by atoms with Gasteiger partial charge in [0.2, 0.25) is 11.8 Å². The average Bonchev–Trinajstić information content (AvgIpc) is 2.86. The molecule has 0 aromatic carbocycles. The molecule has 98 valence electrons. The topological polar surface area (TPSA) is 64.1 Å². The van der Waals surface area contributed by atoms with Crippen LogP contribution in [-0.4, -0.2) is 28.5 Å². The molecule has 19 heavy (non-hydrogen) atoms. The van der Waals surface area contributed by atoms with Crippen LogP contribution in [0.1, 0.15) is 13.3 Å². The number of carbonyl (C=O) groups excluding carboxylic acids is 1. The zero-order valence-electron chi connectivity index (χ0n) is 10.7. The normalized spacial score (nSPS) is 20.3. The molecule has 0 bridgehead atoms. The first-order chi connectivity index (χ1) is 9.24. The molecular formula is C14H15N3O2. The number of ether oxygens (including phenoxy) is 1. The summed E-state index contributed by atoms with van der Waals surface area (Å²) >= 11 is 0. The first kappa shape index (κ1) is 11.9. The minimum absolute atomic E-state index is 0.0581. The van der Waals surface area contributed by atoms with E-state index >= 15 is 0 Å². The summed E-state index contributed by atoms with van der Waals surface area (Å²) < 4.78 is 5.92. The van der Waals surface area contributed by atoms with Crippen LogP contribution < -0.4 is 10.1 Å². The highest BCUT2D eigenvalue weighted by molar-refractivity contribution is 5.83. The van der Waals surface area contributed by atoms with E-state index in [4.69, 9.17) is 4.74 Å². The van der Waals surface area contributed by atoms with Crippen molar-refractivity contribution in [2.24, 2.45) is 5.92 Å². The highest BCUT2D eigenvalue weighted by atomic mass is 16.5. The summed E-state index contributed by atoms with van der Waals surface area (Å²) in [4.78, 5) is 19.8. The molecule has 1 N–H and O–H groups in total. The molecule has 5 nitrogen and oxygen atoms in total. The van der Waals surface area contributed by atoms with Crippen LogP contribution in [0.4, 0.5) is 0 Å². The minimum atomic E-state index is -0.0581. The Morgan fingerprint density at radius 1 is 1.37 bits per heavy atom. The van der Waals surface area contributed by atoms with Gasteiger partial charge in [0.1, 0.15) is 6.10 Å². The Morgan fingerprint density at radius 3 is 3.05 bits per heavy atom. The average molecular weight is 257 g/mol. The molecule has 0 spiro atoms. The number of aromatic nitrogens is 2. The molecule has 1 amide bonds. The summed E-state index contributed by atoms with van der Waals surface area (Å²) in [6.45, 7) is 2.64. The smallest absolute Gasteiger partial charge is 0.223 e. The molecule has 0 aliphatic carbocycles. The predicted octanol–water partition coefficient (Wildman–Crippen LogP) is 1.53. The molecule has 1 saturated heterocycles. The van der Waals surface area contributed by atoms with E-state index in [9.17, 15) is 4.79 Å². The number of hydrogen-bond donors (Lipinski definition) is 1. The molecular weight excluding hydrogens is 242 g/mol. The first-order valence-electron chi connectivity index (χ1n) is 6.37. The number of nitrogens with one attached hydrogen (secondary N) is 1. The third kappa shape index (κ3) is 2.36. The summed E-state index contributed by atoms with van der Waals surface area (Å²) in [5, 5.41) is 3.72. The van der Waals surface area contributed by atoms with E-state index in [2.05, 4.69) is 15.3 Å². The molecule has 1 fully saturated rings. The van der Waals surface area contributed by atoms with Crippen LogP contribution in [0.5, 0.6) is 5.88 Å². The van der Waals surface area contributed by atoms with Crippen molar-refractivity contribution in [1.82, 2.24) is 15.3 Å². The second kappa shape index (κ2) is 4.84. The molecule has 0 radical (unpaired) electrons. The lowest BCUT2D eigenvalue weighted by Gasteiger charge is -2.19. The molecule has 3 heterocycles. The SMILES string of the molecule is C[C@@H](Oc1nccc2ncccc12)[C@H]1CNC(=O)C1. The largest absolute Gasteiger partial charge is 0.474 e. The quantitative estimate of drug-likeness (QED) is 0.905. The Morgan fingerprint density at radius 2 is 2.26 bits per heavy atom. The number of amides is 1. The minimum Gasteiger partial charge on any atom is -0.474 e. The number of hydrogen-bond acceptors (Lipinski definition) is 4. The molecule has 2 aromatic rings. The summed E-state index contributed by atoms with van der Waals surface area (Å²) in [5.41, 5.74) is 0.861. The lowest BCUT2D eigenvalue weighted by Crippen LogP contribution is -2.26. The maximum Gasteiger partial charge on any atom is 0.223 e. The second-order valence-electron chi connectivity index (χ2n) is 4.78. The standard InChI is InChI=1S/C14H15N3O2/c1-9(10-7-13(18)17-8-10)19-14-11-3-2-5-15-12(11)4-6-16-14/h2-6,9-10H,7-8H2,1H3,(H,17,18)/t9-,10-/m1/s1. The van der Waals surface area contributed by atoms with Gasteiger partial charge in [0.15, 0.2) is 0 Å². The Hall–Kier alpha value is -2.17. The third-order valence-electron chi connectivity index (χ3n) is 3.46. The zero-order valence-corrected chi connectivity index (χ0v) is 10.7. The molecule has 2 aromatic heterocycles. The Labute approximate surface area is 111 Å². The van der Waals surface area contributed by atoms with Gasteiger partial charge in [-0.3, -0.25) is 9.78 Å². The number of fused-ring (bicyclic) bond motifs is 1. The van der Waals surface area contributed by atoms with Crippen molar-refractivity contribution >= 4 is 16.8 Å². The molecule has 5 heteroatoms. The fourth-order valence-corrected chi connectivity index (χ4v) is 2.30. The molecule has 1 aliphatic rings. The van der Waals surface area contributed by atoms with Gasteiger partial charge < -0.3 is 10.1 Å². The third-order valence-corrected chi connectivity index (χ3v) is 3.46. The van der Waals surface area contributed by atoms with Crippen molar-refractivity contribution in [3.8, 4) is 5.88 Å². The molecule has 2 atom stereocenters. The summed E-state index contributed by atoms with van der Waals surface area (Å²) in [6, 6.07) is 5.66. The predicted molar refractivity (Wildman–Crippen MR) is 70.7 cm³/mol. The molecule has 1 aliphatic heterocycles. The Balaban J connectivity index is 1.83. The van der Waals surface area contributed by atoms with Gasteiger partial charge in [-0.25, -0.2) is 4.98 Å². The van der Waals surface area contributed by atoms with Crippen LogP contribution >= 0.6 is 0 Å². The maximum absolute atomic E-state index is 11.2. The van der Waals surface area contributed by atoms with Crippen molar-refractivity contribution in [3.63, 3.8) is 0 Å². The Bertz CT molecular complexity index is 609. The van der Waals surface area contributed by atoms with Gasteiger partial charge >= 0.3 is 0 Å². The van der Waals surface area contributed by atoms with Gasteiger partial charge in [0.05, 0.1) is 10.9 Å². The van der Waals surface area contributed by atoms with Crippen LogP contribution in [0, 0.1) is 5.92 Å². The van der Waals surface area contributed by atoms with Crippen molar-refractivity contribution in [1.29, 1.82) is 0 Å². The van der Waals surface area contributed by atoms with Crippen LogP contribution in [-0.2, 0) is 4.79 Å². The van der Waals surface area contributed by atoms with E-state index in [0.29, 0.717) is 18.8 Å². The Kier molecular flexibility index (Phi) is 3.03. The highest BCUT2D eigenvalue weighted by Gasteiger charge is 2.28. The first-order valence-corrected chi connectivity index (χ1v) is 6.37. The highest BCUT2D eigenvalue weighted by Crippen LogP contribution is 2.24. The number of rotatable bonds is 3. The summed E-state index contributed by atoms with van der Waals surface area (Å²) in [6.07, 6.45) is 3.89. The van der Waals surface area contributed by atoms with E-state index in [0.717, 1.165) is 10.9 Å². The summed E-state index contributed by atoms with van der Waals surface area (Å²) in [5.74, 6) is 0.867. The van der Waals surface area contributed by atoms with Crippen LogP contribution in [0.2, 0.25) is 0 Å². The van der Waals surface area contributed by atoms with Gasteiger partial charge in [-0.15, -0.1) is 0 Å². The van der Waals surface area contributed by atoms with Crippen LogP contribution in [0.3, 0.4) is 0 Å². The van der Waals surface area contributed by atoms with Gasteiger partial charge in [0, 0.05) is 31.3 Å². The van der Waals surface area contributed by atoms with E-state index in [1.807, 2.05) is 25.1 Å². The van der Waals surface area contributed by atoms with E-state index in [1.54, 1.807) is 12.4 Å². The lowest BCUT2D eigenvalue weighted by atomic mass is 10.0. The van der Waals surface area contributed by atoms with Gasteiger partial charge in [-0.05, 0) is 25.1 Å². The van der Waals surface area contributed by atoms with Crippen molar-refractivity contribution < 1.29 is 9.53 Å². The van der Waals surface area contributed by atoms with E-state index < -0.39 is 0 Å². The van der Waals surface area contributed by atoms with Crippen molar-refractivity contribution in [2.75, 3.05) is 6.54 Å². The van der Waals surface area contributed by atoms with Crippen molar-refractivity contribution in [2.45, 2.75) is 19.4 Å². The van der Waals surface area contributed by atoms with Crippen molar-refractivity contribution in [3.05, 3.63) is 30.6 Å². The number of pyridine rings is 2. The maximum atomic E-state index is 11.2. The zero-order chi connectivity index (χ0) is 13.2. The monoisotopic (exact) mass is 257 g/mol. The fourth-order valence-electron chi connectivity index (χ4n) is 2.30. The van der Waals surface area contributed by atoms with Gasteiger partial charge in [-0.2, -0.15) is 0 Å². The number of nitrogens with zero attached hydrogens (tertiary/aromatic N) is 2. The lowest BCUT2D eigenvalue weighted by molar-refractivity contribution is -0.119. The van der Waals surface area contributed by atoms with Gasteiger partial charge in [-0.1, -0.05) is 0 Å². The molecule has 3 rings (SSSR count). The number of carbonyl (C=O) groups is 1. The van der Waals surface area contributed by atoms with Crippen LogP contribution in [0.25, 0.3) is 10.9 Å². The molecule has 0 saturated carbocycles. The summed E-state index contributed by atoms with van der Waals surface area (Å²) in [7, 11) is 0. The van der Waals surface area contributed by atoms with Gasteiger partial charge in [0.25, 0.3) is 0 Å². The van der Waals surface area contributed by atoms with E-state index in [1.165, 1.54) is 0 Å². The van der Waals surface area contributed by atoms with E-state index in [-0.39, 0.29) is 17.9 Å². The van der Waals surface area contributed by atoms with Crippen LogP contribution in [0.15, 0.2) is 30.6 Å². The second-order valence-corrected chi connectivity index (χ2v) is 4.78. The fraction of sp³-hybridized carbons (Fsp3) is 0.357.